The Bertz CT molecular complexity index is 2190. The number of likely N-dealkylation sites (tertiary alicyclic amines) is 1. The van der Waals surface area contributed by atoms with E-state index in [0.717, 1.165) is 37.1 Å². The average Bonchev–Trinajstić information content (AvgIpc) is 3.79. The number of carbonyl (C=O) groups excluding carboxylic acids is 7. The Morgan fingerprint density at radius 2 is 1.74 bits per heavy atom. The van der Waals surface area contributed by atoms with Gasteiger partial charge in [0.25, 0.3) is 5.91 Å². The van der Waals surface area contributed by atoms with Crippen molar-refractivity contribution in [3.05, 3.63) is 62.8 Å². The van der Waals surface area contributed by atoms with E-state index in [0.29, 0.717) is 22.1 Å². The number of rotatable bonds is 21. The van der Waals surface area contributed by atoms with Gasteiger partial charge in [0.05, 0.1) is 17.6 Å². The Balaban J connectivity index is 1.53. The summed E-state index contributed by atoms with van der Waals surface area (Å²) in [6.45, 7) is 11.5. The van der Waals surface area contributed by atoms with E-state index in [1.54, 1.807) is 28.8 Å². The highest BCUT2D eigenvalue weighted by molar-refractivity contribution is 8.18. The summed E-state index contributed by atoms with van der Waals surface area (Å²) in [5.41, 5.74) is 0.448. The number of thiazole rings is 1. The molecule has 1 fully saturated rings. The highest BCUT2D eigenvalue weighted by Gasteiger charge is 2.38. The number of carbonyl (C=O) groups is 8. The van der Waals surface area contributed by atoms with Crippen molar-refractivity contribution in [3.8, 4) is 5.75 Å². The summed E-state index contributed by atoms with van der Waals surface area (Å²) in [6.07, 6.45) is 5.13. The minimum atomic E-state index is -1.28. The van der Waals surface area contributed by atoms with E-state index in [1.807, 2.05) is 34.7 Å². The molecule has 2 aliphatic rings. The molecule has 1 saturated heterocycles. The lowest BCUT2D eigenvalue weighted by atomic mass is 9.83. The molecule has 69 heavy (non-hydrogen) atoms. The number of ether oxygens (including phenoxy) is 1. The Labute approximate surface area is 417 Å². The predicted octanol–water partition coefficient (Wildman–Crippen LogP) is 6.73. The highest BCUT2D eigenvalue weighted by atomic mass is 32.2. The number of benzene rings is 1. The van der Waals surface area contributed by atoms with Gasteiger partial charge >= 0.3 is 11.9 Å². The summed E-state index contributed by atoms with van der Waals surface area (Å²) in [5, 5.41) is 34.2. The van der Waals surface area contributed by atoms with Crippen molar-refractivity contribution in [3.63, 3.8) is 0 Å². The molecule has 8 atom stereocenters. The van der Waals surface area contributed by atoms with Gasteiger partial charge in [-0.2, -0.15) is 0 Å². The Kier molecular flexibility index (Phi) is 22.4. The fourth-order valence-corrected chi connectivity index (χ4v) is 10.7. The van der Waals surface area contributed by atoms with Crippen LogP contribution < -0.4 is 16.0 Å². The molecule has 378 valence electrons. The molecular formula is C49H68N6O11S3. The maximum absolute atomic E-state index is 14.4. The second kappa shape index (κ2) is 27.4. The summed E-state index contributed by atoms with van der Waals surface area (Å²) in [6, 6.07) is 1.60. The zero-order chi connectivity index (χ0) is 50.9. The van der Waals surface area contributed by atoms with E-state index < -0.39 is 71.5 Å². The molecule has 2 aromatic rings. The summed E-state index contributed by atoms with van der Waals surface area (Å²) in [4.78, 5) is 114. The summed E-state index contributed by atoms with van der Waals surface area (Å²) < 4.78 is 5.81. The van der Waals surface area contributed by atoms with Gasteiger partial charge in [-0.25, -0.2) is 4.98 Å². The van der Waals surface area contributed by atoms with Crippen LogP contribution in [0.4, 0.5) is 5.69 Å². The number of likely N-dealkylation sites (N-methyl/N-ethyl adjacent to an activating group) is 1. The van der Waals surface area contributed by atoms with E-state index in [2.05, 4.69) is 25.8 Å². The van der Waals surface area contributed by atoms with Gasteiger partial charge in [-0.3, -0.25) is 43.3 Å². The van der Waals surface area contributed by atoms with Gasteiger partial charge < -0.3 is 35.8 Å². The molecule has 3 heterocycles. The highest BCUT2D eigenvalue weighted by Crippen LogP contribution is 2.33. The molecule has 0 aliphatic carbocycles. The molecule has 20 heteroatoms. The van der Waals surface area contributed by atoms with Crippen molar-refractivity contribution in [2.75, 3.05) is 31.0 Å². The number of hydrogen-bond donors (Lipinski definition) is 5. The van der Waals surface area contributed by atoms with Gasteiger partial charge in [0.15, 0.2) is 17.7 Å². The molecule has 2 aliphatic heterocycles. The number of nitrogens with one attached hydrogen (secondary N) is 3. The predicted molar refractivity (Wildman–Crippen MR) is 268 cm³/mol. The van der Waals surface area contributed by atoms with Gasteiger partial charge in [-0.15, -0.1) is 34.9 Å². The lowest BCUT2D eigenvalue weighted by Crippen LogP contribution is -2.48. The van der Waals surface area contributed by atoms with Crippen LogP contribution in [0.25, 0.3) is 0 Å². The van der Waals surface area contributed by atoms with E-state index in [4.69, 9.17) is 4.74 Å². The van der Waals surface area contributed by atoms with Crippen LogP contribution in [0.1, 0.15) is 120 Å². The number of hydrogen-bond acceptors (Lipinski definition) is 15. The lowest BCUT2D eigenvalue weighted by molar-refractivity contribution is -0.149. The van der Waals surface area contributed by atoms with Crippen LogP contribution >= 0.6 is 34.9 Å². The Morgan fingerprint density at radius 1 is 1.03 bits per heavy atom. The molecule has 4 rings (SSSR count). The number of aromatic nitrogens is 1. The molecule has 17 nitrogen and oxygen atoms in total. The second-order valence-electron chi connectivity index (χ2n) is 18.3. The van der Waals surface area contributed by atoms with Crippen molar-refractivity contribution in [2.24, 2.45) is 23.7 Å². The van der Waals surface area contributed by atoms with E-state index in [9.17, 15) is 48.6 Å². The van der Waals surface area contributed by atoms with Crippen LogP contribution in [-0.4, -0.2) is 122 Å². The van der Waals surface area contributed by atoms with Crippen LogP contribution in [-0.2, 0) is 44.7 Å². The van der Waals surface area contributed by atoms with Gasteiger partial charge in [0.1, 0.15) is 22.5 Å². The molecule has 2 unspecified atom stereocenters. The molecular weight excluding hydrogens is 945 g/mol. The second-order valence-corrected chi connectivity index (χ2v) is 21.3. The number of nitrogens with zero attached hydrogens (tertiary/aromatic N) is 3. The standard InChI is InChI=1S/C49H68N6O11S3/c1-9-29(4)35(24-42(59)39-12-10-11-17-54(39)7)48(63)55(8)40(28(2)3)25-43(66-31(6)56)47-53-38(26-69-47)46(62)50-33(20-30(5)49(64)65)21-32-13-14-41(58)36(22-32)52-45(61)37-23-34(57)15-18-67-27-68-19-16-44(60)51-37/h13-16,18-19,22,26,28-30,33,35,37,39-40,43,58H,9-12,17,20-21,23-25,27H2,1-8H3,(H,50,62)(H,51,60)(H,52,61)(H,64,65)/b18-15+,19-16+/t29-,30?,33+,35-,37?,39+,40+,43+/m0/s1. The summed E-state index contributed by atoms with van der Waals surface area (Å²) in [5.74, 6) is -6.06. The number of thioether (sulfide) groups is 2. The molecule has 5 N–H and O–H groups in total. The third-order valence-corrected chi connectivity index (χ3v) is 15.3. The number of allylic oxidation sites excluding steroid dienone is 1. The Morgan fingerprint density at radius 3 is 2.39 bits per heavy atom. The molecule has 0 saturated carbocycles. The largest absolute Gasteiger partial charge is 0.506 e. The normalized spacial score (nSPS) is 20.6. The first-order valence-electron chi connectivity index (χ1n) is 23.4. The molecule has 1 aromatic heterocycles. The number of anilines is 1. The SMILES string of the molecule is CC[C@H](C)[C@H](CC(=O)[C@H]1CCCCN1C)C(=O)N(C)[C@H](C[C@@H](OC(C)=O)c1nc(C(=O)N[C@@H](Cc2ccc(O)c(NC(=O)C3CC(=O)/C=C/SCS/C=C/C(=O)N3)c2)CC(C)C(=O)O)cs1)C(C)C. The first-order chi connectivity index (χ1) is 32.7. The van der Waals surface area contributed by atoms with Crippen molar-refractivity contribution in [1.29, 1.82) is 0 Å². The van der Waals surface area contributed by atoms with E-state index >= 15 is 0 Å². The van der Waals surface area contributed by atoms with Crippen LogP contribution in [0, 0.1) is 23.7 Å². The minimum absolute atomic E-state index is 0.0113. The number of carboxylic acid groups (broad SMARTS) is 1. The summed E-state index contributed by atoms with van der Waals surface area (Å²) >= 11 is 3.80. The lowest BCUT2D eigenvalue weighted by Gasteiger charge is -2.37. The molecule has 0 spiro atoms. The molecule has 4 amide bonds. The van der Waals surface area contributed by atoms with Crippen LogP contribution in [0.3, 0.4) is 0 Å². The number of phenolic OH excluding ortho intramolecular Hbond substituents is 1. The number of Topliss-reactive ketones (excluding diaryl/α,β-unsaturated/α-hetero) is 1. The minimum Gasteiger partial charge on any atom is -0.506 e. The van der Waals surface area contributed by atoms with E-state index in [1.165, 1.54) is 67.0 Å². The number of carboxylic acids is 1. The van der Waals surface area contributed by atoms with Crippen LogP contribution in [0.2, 0.25) is 0 Å². The fourth-order valence-electron chi connectivity index (χ4n) is 8.46. The molecule has 1 aromatic carbocycles. The maximum atomic E-state index is 14.4. The van der Waals surface area contributed by atoms with Gasteiger partial charge in [0, 0.05) is 67.8 Å². The fraction of sp³-hybridized carbons (Fsp3) is 0.571. The first kappa shape index (κ1) is 56.5. The van der Waals surface area contributed by atoms with Crippen molar-refractivity contribution >= 4 is 87.7 Å². The Hall–Kier alpha value is -5.05. The number of amides is 4. The van der Waals surface area contributed by atoms with E-state index in [-0.39, 0.29) is 78.8 Å². The van der Waals surface area contributed by atoms with Crippen LogP contribution in [0.15, 0.2) is 46.5 Å². The topological polar surface area (TPSA) is 242 Å². The number of piperidine rings is 1. The monoisotopic (exact) mass is 1010 g/mol. The molecule has 0 radical (unpaired) electrons. The quantitative estimate of drug-likeness (QED) is 0.0643. The number of aliphatic carboxylic acids is 1. The first-order valence-corrected chi connectivity index (χ1v) is 26.3. The third-order valence-electron chi connectivity index (χ3n) is 12.7. The van der Waals surface area contributed by atoms with Gasteiger partial charge in [-0.1, -0.05) is 53.5 Å². The zero-order valence-corrected chi connectivity index (χ0v) is 43.2. The van der Waals surface area contributed by atoms with Crippen LogP contribution in [0.5, 0.6) is 5.75 Å². The smallest absolute Gasteiger partial charge is 0.306 e. The van der Waals surface area contributed by atoms with Crippen molar-refractivity contribution in [2.45, 2.75) is 130 Å². The maximum Gasteiger partial charge on any atom is 0.306 e. The third kappa shape index (κ3) is 17.4. The summed E-state index contributed by atoms with van der Waals surface area (Å²) in [7, 11) is 3.67. The number of esters is 1. The molecule has 0 bridgehead atoms. The number of ketones is 2. The van der Waals surface area contributed by atoms with Gasteiger partial charge in [-0.05, 0) is 85.7 Å². The van der Waals surface area contributed by atoms with Crippen molar-refractivity contribution in [1.82, 2.24) is 25.4 Å². The van der Waals surface area contributed by atoms with Crippen molar-refractivity contribution < 1.29 is 53.3 Å². The number of aromatic hydroxyl groups is 1. The zero-order valence-electron chi connectivity index (χ0n) is 40.7. The number of phenols is 1. The average molecular weight is 1010 g/mol. The van der Waals surface area contributed by atoms with Gasteiger partial charge in [0.2, 0.25) is 17.7 Å².